The number of H-pyrrole nitrogens is 2. The highest BCUT2D eigenvalue weighted by molar-refractivity contribution is 6.44. The lowest BCUT2D eigenvalue weighted by Crippen LogP contribution is -2.44. The van der Waals surface area contributed by atoms with E-state index in [0.29, 0.717) is 48.6 Å². The number of anilines is 1. The van der Waals surface area contributed by atoms with Gasteiger partial charge >= 0.3 is 11.8 Å². The van der Waals surface area contributed by atoms with Crippen LogP contribution in [0, 0.1) is 6.92 Å². The molecule has 1 saturated heterocycles. The smallest absolute Gasteiger partial charge is 0.434 e. The summed E-state index contributed by atoms with van der Waals surface area (Å²) in [5, 5.41) is 9.24. The average molecular weight is 552 g/mol. The van der Waals surface area contributed by atoms with Gasteiger partial charge < -0.3 is 29.1 Å². The molecule has 3 N–H and O–H groups in total. The summed E-state index contributed by atoms with van der Waals surface area (Å²) in [6.45, 7) is 8.06. The molecule has 0 aliphatic carbocycles. The number of nitrogens with one attached hydrogen (secondary N) is 3. The lowest BCUT2D eigenvalue weighted by atomic mass is 10.1. The fraction of sp³-hybridized carbons (Fsp3) is 0.417. The highest BCUT2D eigenvalue weighted by Gasteiger charge is 2.28. The van der Waals surface area contributed by atoms with E-state index in [4.69, 9.17) is 37.1 Å². The van der Waals surface area contributed by atoms with Crippen LogP contribution < -0.4 is 15.8 Å². The summed E-state index contributed by atoms with van der Waals surface area (Å²) in [4.78, 5) is 41.3. The van der Waals surface area contributed by atoms with E-state index in [2.05, 4.69) is 20.5 Å². The minimum Gasteiger partial charge on any atom is -0.488 e. The van der Waals surface area contributed by atoms with Crippen molar-refractivity contribution < 1.29 is 23.5 Å². The summed E-state index contributed by atoms with van der Waals surface area (Å²) < 4.78 is 16.8. The maximum Gasteiger partial charge on any atom is 0.434 e. The maximum atomic E-state index is 13.0. The van der Waals surface area contributed by atoms with Gasteiger partial charge in [0.15, 0.2) is 0 Å². The SMILES string of the molecule is Cc1[nH]c(C(=O)Nc2ccc(-c3n[nH]c(=O)o3)cc2OC2CCN(C(=O)OC(C)(C)C)CC2)c(Cl)c1Cl. The zero-order valence-corrected chi connectivity index (χ0v) is 22.2. The summed E-state index contributed by atoms with van der Waals surface area (Å²) in [6, 6.07) is 4.85. The quantitative estimate of drug-likeness (QED) is 0.404. The molecule has 0 spiro atoms. The van der Waals surface area contributed by atoms with Gasteiger partial charge in [0, 0.05) is 37.2 Å². The number of hydrogen-bond acceptors (Lipinski definition) is 7. The van der Waals surface area contributed by atoms with Crippen molar-refractivity contribution in [3.63, 3.8) is 0 Å². The standard InChI is InChI=1S/C24H27Cl2N5O6/c1-12-17(25)18(26)19(27-12)20(32)28-15-6-5-13(21-29-30-22(33)36-21)11-16(15)35-14-7-9-31(10-8-14)23(34)37-24(2,3)4/h5-6,11,14,27H,7-10H2,1-4H3,(H,28,32)(H,30,33). The Morgan fingerprint density at radius 1 is 1.19 bits per heavy atom. The van der Waals surface area contributed by atoms with Crippen molar-refractivity contribution in [1.82, 2.24) is 20.1 Å². The molecule has 198 valence electrons. The fourth-order valence-electron chi connectivity index (χ4n) is 3.78. The first-order chi connectivity index (χ1) is 17.4. The fourth-order valence-corrected chi connectivity index (χ4v) is 4.20. The van der Waals surface area contributed by atoms with Gasteiger partial charge in [0.05, 0.1) is 15.7 Å². The molecule has 1 aromatic carbocycles. The van der Waals surface area contributed by atoms with Crippen molar-refractivity contribution in [2.75, 3.05) is 18.4 Å². The topological polar surface area (TPSA) is 143 Å². The average Bonchev–Trinajstić information content (AvgIpc) is 3.38. The van der Waals surface area contributed by atoms with E-state index in [9.17, 15) is 14.4 Å². The second kappa shape index (κ2) is 10.5. The highest BCUT2D eigenvalue weighted by Crippen LogP contribution is 2.34. The van der Waals surface area contributed by atoms with Crippen molar-refractivity contribution in [1.29, 1.82) is 0 Å². The molecule has 3 heterocycles. The third kappa shape index (κ3) is 6.28. The van der Waals surface area contributed by atoms with E-state index in [1.165, 1.54) is 0 Å². The lowest BCUT2D eigenvalue weighted by Gasteiger charge is -2.33. The number of carbonyl (C=O) groups is 2. The molecule has 1 fully saturated rings. The molecule has 0 bridgehead atoms. The molecule has 1 aliphatic rings. The number of hydrogen-bond donors (Lipinski definition) is 3. The largest absolute Gasteiger partial charge is 0.488 e. The van der Waals surface area contributed by atoms with Crippen LogP contribution in [0.3, 0.4) is 0 Å². The Morgan fingerprint density at radius 3 is 2.46 bits per heavy atom. The molecule has 37 heavy (non-hydrogen) atoms. The zero-order chi connectivity index (χ0) is 26.9. The molecule has 11 nitrogen and oxygen atoms in total. The number of aromatic amines is 2. The number of likely N-dealkylation sites (tertiary alicyclic amines) is 1. The summed E-state index contributed by atoms with van der Waals surface area (Å²) in [7, 11) is 0. The van der Waals surface area contributed by atoms with Crippen LogP contribution >= 0.6 is 23.2 Å². The number of piperidine rings is 1. The molecule has 0 atom stereocenters. The predicted octanol–water partition coefficient (Wildman–Crippen LogP) is 5.00. The number of halogens is 2. The number of carbonyl (C=O) groups excluding carboxylic acids is 2. The van der Waals surface area contributed by atoms with Gasteiger partial charge in [-0.05, 0) is 45.9 Å². The Labute approximate surface area is 222 Å². The van der Waals surface area contributed by atoms with Gasteiger partial charge in [0.1, 0.15) is 23.1 Å². The first-order valence-corrected chi connectivity index (χ1v) is 12.4. The molecule has 2 amide bonds. The lowest BCUT2D eigenvalue weighted by molar-refractivity contribution is 0.0127. The molecule has 2 aromatic heterocycles. The van der Waals surface area contributed by atoms with Crippen molar-refractivity contribution >= 4 is 40.9 Å². The van der Waals surface area contributed by atoms with Crippen LogP contribution in [0.25, 0.3) is 11.5 Å². The van der Waals surface area contributed by atoms with Crippen molar-refractivity contribution in [3.05, 3.63) is 50.2 Å². The Balaban J connectivity index is 1.54. The Bertz CT molecular complexity index is 1360. The van der Waals surface area contributed by atoms with Crippen LogP contribution in [-0.2, 0) is 4.74 Å². The van der Waals surface area contributed by atoms with Crippen LogP contribution in [0.2, 0.25) is 10.0 Å². The number of aromatic nitrogens is 3. The number of nitrogens with zero attached hydrogens (tertiary/aromatic N) is 2. The molecular formula is C24H27Cl2N5O6. The second-order valence-electron chi connectivity index (χ2n) is 9.62. The maximum absolute atomic E-state index is 13.0. The van der Waals surface area contributed by atoms with E-state index in [1.807, 2.05) is 20.8 Å². The van der Waals surface area contributed by atoms with Gasteiger partial charge in [-0.25, -0.2) is 14.7 Å². The number of aryl methyl sites for hydroxylation is 1. The molecule has 0 saturated carbocycles. The van der Waals surface area contributed by atoms with E-state index < -0.39 is 17.3 Å². The van der Waals surface area contributed by atoms with Gasteiger partial charge in [0.2, 0.25) is 5.89 Å². The molecule has 3 aromatic rings. The van der Waals surface area contributed by atoms with E-state index in [1.54, 1.807) is 30.0 Å². The summed E-state index contributed by atoms with van der Waals surface area (Å²) in [5.41, 5.74) is 0.927. The summed E-state index contributed by atoms with van der Waals surface area (Å²) in [6.07, 6.45) is 0.477. The zero-order valence-electron chi connectivity index (χ0n) is 20.7. The van der Waals surface area contributed by atoms with Gasteiger partial charge in [-0.3, -0.25) is 4.79 Å². The van der Waals surface area contributed by atoms with Crippen LogP contribution in [0.5, 0.6) is 5.75 Å². The normalized spacial score (nSPS) is 14.5. The van der Waals surface area contributed by atoms with Crippen LogP contribution in [0.4, 0.5) is 10.5 Å². The third-order valence-corrected chi connectivity index (χ3v) is 6.53. The number of ether oxygens (including phenoxy) is 2. The number of benzene rings is 1. The molecule has 0 radical (unpaired) electrons. The third-order valence-electron chi connectivity index (χ3n) is 5.58. The van der Waals surface area contributed by atoms with Gasteiger partial charge in [-0.15, -0.1) is 5.10 Å². The first kappa shape index (κ1) is 26.6. The first-order valence-electron chi connectivity index (χ1n) is 11.6. The predicted molar refractivity (Wildman–Crippen MR) is 138 cm³/mol. The van der Waals surface area contributed by atoms with E-state index >= 15 is 0 Å². The minimum absolute atomic E-state index is 0.0716. The molecular weight excluding hydrogens is 525 g/mol. The number of rotatable bonds is 5. The van der Waals surface area contributed by atoms with Crippen molar-refractivity contribution in [2.24, 2.45) is 0 Å². The van der Waals surface area contributed by atoms with Gasteiger partial charge in [-0.2, -0.15) is 0 Å². The van der Waals surface area contributed by atoms with Crippen molar-refractivity contribution in [2.45, 2.75) is 52.2 Å². The molecule has 13 heteroatoms. The van der Waals surface area contributed by atoms with E-state index in [-0.39, 0.29) is 33.8 Å². The van der Waals surface area contributed by atoms with Crippen LogP contribution in [0.1, 0.15) is 49.8 Å². The Hall–Kier alpha value is -3.44. The second-order valence-corrected chi connectivity index (χ2v) is 10.4. The Kier molecular flexibility index (Phi) is 7.56. The summed E-state index contributed by atoms with van der Waals surface area (Å²) in [5.74, 6) is -0.804. The van der Waals surface area contributed by atoms with E-state index in [0.717, 1.165) is 0 Å². The number of amides is 2. The molecule has 1 aliphatic heterocycles. The minimum atomic E-state index is -0.696. The monoisotopic (exact) mass is 551 g/mol. The van der Waals surface area contributed by atoms with Crippen LogP contribution in [0.15, 0.2) is 27.4 Å². The molecule has 0 unspecified atom stereocenters. The highest BCUT2D eigenvalue weighted by atomic mass is 35.5. The molecule has 4 rings (SSSR count). The van der Waals surface area contributed by atoms with Gasteiger partial charge in [-0.1, -0.05) is 23.2 Å². The van der Waals surface area contributed by atoms with Gasteiger partial charge in [0.25, 0.3) is 5.91 Å². The van der Waals surface area contributed by atoms with Crippen LogP contribution in [-0.4, -0.2) is 56.9 Å². The Morgan fingerprint density at radius 2 is 1.89 bits per heavy atom. The summed E-state index contributed by atoms with van der Waals surface area (Å²) >= 11 is 12.3. The van der Waals surface area contributed by atoms with Crippen molar-refractivity contribution in [3.8, 4) is 17.2 Å².